The van der Waals surface area contributed by atoms with E-state index in [9.17, 15) is 9.90 Å². The number of aromatic hydroxyl groups is 1. The van der Waals surface area contributed by atoms with Crippen LogP contribution in [-0.2, 0) is 6.42 Å². The van der Waals surface area contributed by atoms with E-state index >= 15 is 0 Å². The average Bonchev–Trinajstić information content (AvgIpc) is 2.61. The van der Waals surface area contributed by atoms with Gasteiger partial charge in [0.2, 0.25) is 0 Å². The summed E-state index contributed by atoms with van der Waals surface area (Å²) in [6, 6.07) is 4.81. The number of aromatic carboxylic acids is 1. The number of phenolic OH excluding ortho intramolecular Hbond substituents is 1. The van der Waals surface area contributed by atoms with E-state index in [0.29, 0.717) is 0 Å². The summed E-state index contributed by atoms with van der Waals surface area (Å²) in [6.07, 6.45) is 0.890. The van der Waals surface area contributed by atoms with Crippen molar-refractivity contribution in [2.75, 3.05) is 0 Å². The Kier molecular flexibility index (Phi) is 2.36. The topological polar surface area (TPSA) is 57.5 Å². The molecule has 4 heteroatoms. The van der Waals surface area contributed by atoms with Gasteiger partial charge in [-0.05, 0) is 30.0 Å². The van der Waals surface area contributed by atoms with Gasteiger partial charge in [0.25, 0.3) is 0 Å². The Morgan fingerprint density at radius 3 is 2.73 bits per heavy atom. The molecule has 0 aliphatic carbocycles. The van der Waals surface area contributed by atoms with Gasteiger partial charge in [-0.25, -0.2) is 4.79 Å². The van der Waals surface area contributed by atoms with Gasteiger partial charge < -0.3 is 10.2 Å². The zero-order valence-corrected chi connectivity index (χ0v) is 8.97. The zero-order chi connectivity index (χ0) is 11.0. The highest BCUT2D eigenvalue weighted by Gasteiger charge is 2.10. The minimum atomic E-state index is -1.02. The van der Waals surface area contributed by atoms with Crippen molar-refractivity contribution < 1.29 is 15.0 Å². The molecule has 0 amide bonds. The third kappa shape index (κ3) is 1.68. The van der Waals surface area contributed by atoms with Crippen molar-refractivity contribution in [1.82, 2.24) is 0 Å². The highest BCUT2D eigenvalue weighted by molar-refractivity contribution is 7.19. The molecule has 15 heavy (non-hydrogen) atoms. The summed E-state index contributed by atoms with van der Waals surface area (Å²) in [4.78, 5) is 11.9. The van der Waals surface area contributed by atoms with E-state index in [0.717, 1.165) is 21.4 Å². The Balaban J connectivity index is 2.70. The third-order valence-corrected chi connectivity index (χ3v) is 3.56. The summed E-state index contributed by atoms with van der Waals surface area (Å²) < 4.78 is 0.761. The number of carbonyl (C=O) groups is 1. The van der Waals surface area contributed by atoms with Gasteiger partial charge in [-0.1, -0.05) is 6.92 Å². The highest BCUT2D eigenvalue weighted by Crippen LogP contribution is 2.34. The molecular formula is C11H10O3S. The largest absolute Gasteiger partial charge is 0.506 e. The first kappa shape index (κ1) is 9.98. The number of aryl methyl sites for hydroxylation is 1. The van der Waals surface area contributed by atoms with Gasteiger partial charge in [-0.2, -0.15) is 0 Å². The minimum Gasteiger partial charge on any atom is -0.506 e. The number of rotatable bonds is 2. The first-order valence-corrected chi connectivity index (χ1v) is 5.42. The van der Waals surface area contributed by atoms with Crippen molar-refractivity contribution in [2.45, 2.75) is 13.3 Å². The Morgan fingerprint density at radius 2 is 2.13 bits per heavy atom. The molecule has 0 bridgehead atoms. The summed E-state index contributed by atoms with van der Waals surface area (Å²) >= 11 is 1.50. The van der Waals surface area contributed by atoms with Crippen LogP contribution < -0.4 is 0 Å². The van der Waals surface area contributed by atoms with Crippen LogP contribution in [0.25, 0.3) is 10.1 Å². The molecular weight excluding hydrogens is 212 g/mol. The number of carboxylic acids is 1. The fourth-order valence-corrected chi connectivity index (χ4v) is 2.48. The SMILES string of the molecule is CCc1cc2cc(C(=O)O)cc(O)c2s1. The molecule has 0 saturated carbocycles. The predicted molar refractivity (Wildman–Crippen MR) is 59.8 cm³/mol. The van der Waals surface area contributed by atoms with Crippen LogP contribution in [0.3, 0.4) is 0 Å². The van der Waals surface area contributed by atoms with Gasteiger partial charge >= 0.3 is 5.97 Å². The van der Waals surface area contributed by atoms with Crippen molar-refractivity contribution in [3.63, 3.8) is 0 Å². The Hall–Kier alpha value is -1.55. The molecule has 0 fully saturated rings. The third-order valence-electron chi connectivity index (χ3n) is 2.24. The van der Waals surface area contributed by atoms with Crippen molar-refractivity contribution in [3.8, 4) is 5.75 Å². The molecule has 0 unspecified atom stereocenters. The van der Waals surface area contributed by atoms with Crippen LogP contribution in [0, 0.1) is 0 Å². The molecule has 2 aromatic rings. The maximum absolute atomic E-state index is 10.8. The predicted octanol–water partition coefficient (Wildman–Crippen LogP) is 2.87. The number of fused-ring (bicyclic) bond motifs is 1. The van der Waals surface area contributed by atoms with E-state index in [1.165, 1.54) is 17.4 Å². The molecule has 0 saturated heterocycles. The van der Waals surface area contributed by atoms with Gasteiger partial charge in [0, 0.05) is 4.88 Å². The average molecular weight is 222 g/mol. The van der Waals surface area contributed by atoms with Crippen molar-refractivity contribution >= 4 is 27.4 Å². The number of hydrogen-bond donors (Lipinski definition) is 2. The molecule has 1 aromatic heterocycles. The monoisotopic (exact) mass is 222 g/mol. The Morgan fingerprint density at radius 1 is 1.40 bits per heavy atom. The zero-order valence-electron chi connectivity index (χ0n) is 8.15. The summed E-state index contributed by atoms with van der Waals surface area (Å²) in [5.74, 6) is -0.967. The normalized spacial score (nSPS) is 10.7. The number of thiophene rings is 1. The molecule has 0 radical (unpaired) electrons. The van der Waals surface area contributed by atoms with E-state index < -0.39 is 5.97 Å². The lowest BCUT2D eigenvalue weighted by Gasteiger charge is -1.97. The fourth-order valence-electron chi connectivity index (χ4n) is 1.49. The van der Waals surface area contributed by atoms with Crippen LogP contribution in [0.4, 0.5) is 0 Å². The lowest BCUT2D eigenvalue weighted by Crippen LogP contribution is -1.94. The smallest absolute Gasteiger partial charge is 0.335 e. The quantitative estimate of drug-likeness (QED) is 0.821. The van der Waals surface area contributed by atoms with Crippen LogP contribution in [0.1, 0.15) is 22.2 Å². The van der Waals surface area contributed by atoms with Gasteiger partial charge in [-0.3, -0.25) is 0 Å². The first-order chi connectivity index (χ1) is 7.11. The van der Waals surface area contributed by atoms with E-state index in [4.69, 9.17) is 5.11 Å². The molecule has 1 heterocycles. The molecule has 0 aliphatic heterocycles. The second-order valence-electron chi connectivity index (χ2n) is 3.29. The number of benzene rings is 1. The van der Waals surface area contributed by atoms with Gasteiger partial charge in [0.1, 0.15) is 5.75 Å². The molecule has 2 rings (SSSR count). The molecule has 78 valence electrons. The summed E-state index contributed by atoms with van der Waals surface area (Å²) in [5, 5.41) is 19.3. The Bertz CT molecular complexity index is 528. The van der Waals surface area contributed by atoms with Crippen LogP contribution in [-0.4, -0.2) is 16.2 Å². The second-order valence-corrected chi connectivity index (χ2v) is 4.42. The van der Waals surface area contributed by atoms with Gasteiger partial charge in [0.15, 0.2) is 0 Å². The maximum Gasteiger partial charge on any atom is 0.335 e. The summed E-state index contributed by atoms with van der Waals surface area (Å²) in [7, 11) is 0. The van der Waals surface area contributed by atoms with E-state index in [1.807, 2.05) is 13.0 Å². The van der Waals surface area contributed by atoms with Crippen molar-refractivity contribution in [2.24, 2.45) is 0 Å². The second kappa shape index (κ2) is 3.55. The number of carboxylic acid groups (broad SMARTS) is 1. The fraction of sp³-hybridized carbons (Fsp3) is 0.182. The van der Waals surface area contributed by atoms with Crippen LogP contribution in [0.15, 0.2) is 18.2 Å². The summed E-state index contributed by atoms with van der Waals surface area (Å²) in [6.45, 7) is 2.03. The van der Waals surface area contributed by atoms with Gasteiger partial charge in [-0.15, -0.1) is 11.3 Å². The van der Waals surface area contributed by atoms with Crippen LogP contribution >= 0.6 is 11.3 Å². The first-order valence-electron chi connectivity index (χ1n) is 4.60. The molecule has 1 aromatic carbocycles. The van der Waals surface area contributed by atoms with Gasteiger partial charge in [0.05, 0.1) is 10.3 Å². The van der Waals surface area contributed by atoms with Crippen molar-refractivity contribution in [1.29, 1.82) is 0 Å². The van der Waals surface area contributed by atoms with E-state index in [2.05, 4.69) is 0 Å². The Labute approximate surface area is 90.6 Å². The highest BCUT2D eigenvalue weighted by atomic mass is 32.1. The lowest BCUT2D eigenvalue weighted by atomic mass is 10.1. The minimum absolute atomic E-state index is 0.0506. The van der Waals surface area contributed by atoms with E-state index in [-0.39, 0.29) is 11.3 Å². The molecule has 3 nitrogen and oxygen atoms in total. The molecule has 0 aliphatic rings. The number of hydrogen-bond acceptors (Lipinski definition) is 3. The van der Waals surface area contributed by atoms with E-state index in [1.54, 1.807) is 6.07 Å². The van der Waals surface area contributed by atoms with Crippen LogP contribution in [0.5, 0.6) is 5.75 Å². The molecule has 2 N–H and O–H groups in total. The standard InChI is InChI=1S/C11H10O3S/c1-2-8-4-6-3-7(11(13)14)5-9(12)10(6)15-8/h3-5,12H,2H2,1H3,(H,13,14). The maximum atomic E-state index is 10.8. The molecule has 0 atom stereocenters. The summed E-state index contributed by atoms with van der Waals surface area (Å²) in [5.41, 5.74) is 0.125. The van der Waals surface area contributed by atoms with Crippen molar-refractivity contribution in [3.05, 3.63) is 28.6 Å². The van der Waals surface area contributed by atoms with Crippen LogP contribution in [0.2, 0.25) is 0 Å². The number of phenols is 1. The molecule has 0 spiro atoms. The lowest BCUT2D eigenvalue weighted by molar-refractivity contribution is 0.0696.